The summed E-state index contributed by atoms with van der Waals surface area (Å²) in [6.45, 7) is 1.78. The van der Waals surface area contributed by atoms with E-state index in [2.05, 4.69) is 15.3 Å². The fourth-order valence-electron chi connectivity index (χ4n) is 5.10. The van der Waals surface area contributed by atoms with Gasteiger partial charge in [0.05, 0.1) is 49.9 Å². The predicted octanol–water partition coefficient (Wildman–Crippen LogP) is 5.88. The smallest absolute Gasteiger partial charge is 0.249 e. The third-order valence-corrected chi connectivity index (χ3v) is 7.41. The monoisotopic (exact) mass is 578 g/mol. The number of benzene rings is 2. The molecule has 1 aliphatic rings. The molecule has 12 heteroatoms. The summed E-state index contributed by atoms with van der Waals surface area (Å²) in [7, 11) is 4.75. The van der Waals surface area contributed by atoms with Crippen molar-refractivity contribution in [3.05, 3.63) is 65.2 Å². The molecule has 2 aromatic carbocycles. The molecule has 2 aromatic heterocycles. The van der Waals surface area contributed by atoms with Crippen molar-refractivity contribution in [1.29, 1.82) is 5.26 Å². The highest BCUT2D eigenvalue weighted by Crippen LogP contribution is 2.44. The van der Waals surface area contributed by atoms with Gasteiger partial charge in [-0.25, -0.2) is 23.1 Å². The van der Waals surface area contributed by atoms with Gasteiger partial charge in [-0.1, -0.05) is 6.92 Å². The number of amides is 1. The topological polar surface area (TPSA) is 105 Å². The first-order valence-electron chi connectivity index (χ1n) is 13.3. The SMILES string of the molecule is CCc1cc(C#N)cc(F)c1Nc1cc2c(ncn2C)c(N(Cc2ccc(OC)cc2OC)C(=O)C2CC(F)(F)C2)n1. The fraction of sp³-hybridized carbons (Fsp3) is 0.333. The van der Waals surface area contributed by atoms with E-state index in [1.807, 2.05) is 13.0 Å². The quantitative estimate of drug-likeness (QED) is 0.264. The Morgan fingerprint density at radius 3 is 2.60 bits per heavy atom. The molecule has 0 unspecified atom stereocenters. The first-order valence-corrected chi connectivity index (χ1v) is 13.3. The van der Waals surface area contributed by atoms with E-state index in [1.165, 1.54) is 19.1 Å². The highest BCUT2D eigenvalue weighted by Gasteiger charge is 2.50. The van der Waals surface area contributed by atoms with Crippen LogP contribution >= 0.6 is 0 Å². The Morgan fingerprint density at radius 2 is 1.95 bits per heavy atom. The van der Waals surface area contributed by atoms with Crippen LogP contribution in [0.4, 0.5) is 30.5 Å². The number of alkyl halides is 2. The summed E-state index contributed by atoms with van der Waals surface area (Å²) >= 11 is 0. The summed E-state index contributed by atoms with van der Waals surface area (Å²) in [5, 5.41) is 12.3. The second kappa shape index (κ2) is 11.2. The number of hydrogen-bond acceptors (Lipinski definition) is 7. The van der Waals surface area contributed by atoms with Crippen LogP contribution < -0.4 is 19.7 Å². The van der Waals surface area contributed by atoms with Crippen LogP contribution in [0.25, 0.3) is 11.0 Å². The van der Waals surface area contributed by atoms with Crippen LogP contribution in [0.5, 0.6) is 11.5 Å². The highest BCUT2D eigenvalue weighted by atomic mass is 19.3. The van der Waals surface area contributed by atoms with Crippen LogP contribution in [-0.2, 0) is 24.8 Å². The molecule has 4 aromatic rings. The number of nitriles is 1. The molecule has 1 amide bonds. The first-order chi connectivity index (χ1) is 20.1. The lowest BCUT2D eigenvalue weighted by Crippen LogP contribution is -2.47. The Bertz CT molecular complexity index is 1710. The summed E-state index contributed by atoms with van der Waals surface area (Å²) < 4.78 is 55.4. The van der Waals surface area contributed by atoms with E-state index in [9.17, 15) is 18.8 Å². The Balaban J connectivity index is 1.64. The molecular formula is C30H29F3N6O3. The standard InChI is InChI=1S/C30H29F3N6O3/c1-5-18-8-17(14-34)9-22(31)26(18)36-25-11-23-27(35-16-38(23)2)28(37-25)39(29(40)20-12-30(32,33)13-20)15-19-6-7-21(41-3)10-24(19)42-4/h6-11,16,20H,5,12-13,15H2,1-4H3,(H,36,37). The molecule has 42 heavy (non-hydrogen) atoms. The maximum Gasteiger partial charge on any atom is 0.249 e. The van der Waals surface area contributed by atoms with E-state index in [1.54, 1.807) is 48.3 Å². The third kappa shape index (κ3) is 5.42. The first kappa shape index (κ1) is 28.7. The van der Waals surface area contributed by atoms with Crippen LogP contribution in [0.15, 0.2) is 42.7 Å². The second-order valence-corrected chi connectivity index (χ2v) is 10.2. The Labute approximate surface area is 240 Å². The van der Waals surface area contributed by atoms with E-state index in [0.717, 1.165) is 6.07 Å². The average molecular weight is 579 g/mol. The molecule has 1 aliphatic carbocycles. The zero-order chi connectivity index (χ0) is 30.2. The van der Waals surface area contributed by atoms with Gasteiger partial charge < -0.3 is 19.4 Å². The minimum atomic E-state index is -2.91. The van der Waals surface area contributed by atoms with E-state index < -0.39 is 36.4 Å². The number of anilines is 3. The fourth-order valence-corrected chi connectivity index (χ4v) is 5.10. The molecule has 218 valence electrons. The van der Waals surface area contributed by atoms with E-state index in [-0.39, 0.29) is 29.4 Å². The number of halogens is 3. The molecule has 1 fully saturated rings. The summed E-state index contributed by atoms with van der Waals surface area (Å²) in [4.78, 5) is 24.3. The van der Waals surface area contributed by atoms with Gasteiger partial charge in [-0.05, 0) is 36.2 Å². The predicted molar refractivity (Wildman–Crippen MR) is 151 cm³/mol. The van der Waals surface area contributed by atoms with Crippen LogP contribution in [0.2, 0.25) is 0 Å². The van der Waals surface area contributed by atoms with Gasteiger partial charge in [-0.2, -0.15) is 5.26 Å². The van der Waals surface area contributed by atoms with Gasteiger partial charge in [0, 0.05) is 43.5 Å². The zero-order valence-corrected chi connectivity index (χ0v) is 23.5. The number of methoxy groups -OCH3 is 2. The molecule has 0 aliphatic heterocycles. The third-order valence-electron chi connectivity index (χ3n) is 7.41. The largest absolute Gasteiger partial charge is 0.497 e. The van der Waals surface area contributed by atoms with Crippen molar-refractivity contribution in [1.82, 2.24) is 14.5 Å². The number of aryl methyl sites for hydroxylation is 2. The number of pyridine rings is 1. The second-order valence-electron chi connectivity index (χ2n) is 10.2. The number of hydrogen-bond donors (Lipinski definition) is 1. The maximum atomic E-state index is 15.1. The van der Waals surface area contributed by atoms with Crippen LogP contribution in [0.3, 0.4) is 0 Å². The van der Waals surface area contributed by atoms with Crippen LogP contribution in [0, 0.1) is 23.1 Å². The van der Waals surface area contributed by atoms with Crippen molar-refractivity contribution in [3.63, 3.8) is 0 Å². The highest BCUT2D eigenvalue weighted by molar-refractivity contribution is 6.02. The van der Waals surface area contributed by atoms with Crippen molar-refractivity contribution in [2.45, 2.75) is 38.7 Å². The summed E-state index contributed by atoms with van der Waals surface area (Å²) in [6.07, 6.45) is 0.851. The van der Waals surface area contributed by atoms with Crippen molar-refractivity contribution in [2.24, 2.45) is 13.0 Å². The summed E-state index contributed by atoms with van der Waals surface area (Å²) in [5.74, 6) is -3.68. The van der Waals surface area contributed by atoms with Crippen LogP contribution in [-0.4, -0.2) is 40.6 Å². The van der Waals surface area contributed by atoms with Gasteiger partial charge in [-0.3, -0.25) is 9.69 Å². The number of aromatic nitrogens is 3. The number of rotatable bonds is 9. The number of fused-ring (bicyclic) bond motifs is 1. The molecule has 5 rings (SSSR count). The molecule has 0 spiro atoms. The molecule has 0 atom stereocenters. The lowest BCUT2D eigenvalue weighted by atomic mass is 9.80. The van der Waals surface area contributed by atoms with Crippen LogP contribution in [0.1, 0.15) is 36.5 Å². The van der Waals surface area contributed by atoms with Crippen molar-refractivity contribution in [2.75, 3.05) is 24.4 Å². The van der Waals surface area contributed by atoms with Crippen molar-refractivity contribution < 1.29 is 27.4 Å². The van der Waals surface area contributed by atoms with Gasteiger partial charge in [-0.15, -0.1) is 0 Å². The lowest BCUT2D eigenvalue weighted by Gasteiger charge is -2.37. The summed E-state index contributed by atoms with van der Waals surface area (Å²) in [6, 6.07) is 11.4. The summed E-state index contributed by atoms with van der Waals surface area (Å²) in [5.41, 5.74) is 2.43. The van der Waals surface area contributed by atoms with Gasteiger partial charge in [0.15, 0.2) is 5.82 Å². The Kier molecular flexibility index (Phi) is 7.69. The van der Waals surface area contributed by atoms with Gasteiger partial charge in [0.2, 0.25) is 11.8 Å². The van der Waals surface area contributed by atoms with Crippen molar-refractivity contribution in [3.8, 4) is 17.6 Å². The molecule has 0 saturated heterocycles. The van der Waals surface area contributed by atoms with Crippen molar-refractivity contribution >= 4 is 34.3 Å². The van der Waals surface area contributed by atoms with E-state index in [0.29, 0.717) is 40.1 Å². The number of carbonyl (C=O) groups is 1. The molecule has 1 N–H and O–H groups in total. The van der Waals surface area contributed by atoms with Gasteiger partial charge >= 0.3 is 0 Å². The molecule has 9 nitrogen and oxygen atoms in total. The molecule has 0 bridgehead atoms. The van der Waals surface area contributed by atoms with E-state index >= 15 is 4.39 Å². The minimum Gasteiger partial charge on any atom is -0.497 e. The molecule has 2 heterocycles. The average Bonchev–Trinajstić information content (AvgIpc) is 3.34. The number of ether oxygens (including phenoxy) is 2. The molecule has 0 radical (unpaired) electrons. The normalized spacial score (nSPS) is 14.2. The minimum absolute atomic E-state index is 0.0539. The zero-order valence-electron chi connectivity index (χ0n) is 23.5. The number of carbonyl (C=O) groups excluding carboxylic acids is 1. The maximum absolute atomic E-state index is 15.1. The van der Waals surface area contributed by atoms with Gasteiger partial charge in [0.25, 0.3) is 0 Å². The molecular weight excluding hydrogens is 549 g/mol. The number of nitrogens with one attached hydrogen (secondary N) is 1. The van der Waals surface area contributed by atoms with E-state index in [4.69, 9.17) is 9.47 Å². The Hall–Kier alpha value is -4.79. The number of nitrogens with zero attached hydrogens (tertiary/aromatic N) is 5. The molecule has 1 saturated carbocycles. The van der Waals surface area contributed by atoms with Gasteiger partial charge in [0.1, 0.15) is 28.7 Å². The lowest BCUT2D eigenvalue weighted by molar-refractivity contribution is -0.147. The number of imidazole rings is 1. The Morgan fingerprint density at radius 1 is 1.19 bits per heavy atom.